The number of benzene rings is 1. The van der Waals surface area contributed by atoms with Crippen LogP contribution in [0.1, 0.15) is 0 Å². The molecule has 1 aromatic rings. The molecule has 13 heteroatoms. The summed E-state index contributed by atoms with van der Waals surface area (Å²) in [4.78, 5) is -2.47. The van der Waals surface area contributed by atoms with Crippen molar-refractivity contribution < 1.29 is 101 Å². The Bertz CT molecular complexity index is 637. The molecule has 0 aliphatic heterocycles. The van der Waals surface area contributed by atoms with Gasteiger partial charge in [0, 0.05) is 0 Å². The second kappa shape index (κ2) is 8.14. The van der Waals surface area contributed by atoms with Crippen LogP contribution in [0.15, 0.2) is 21.9 Å². The van der Waals surface area contributed by atoms with Crippen LogP contribution in [-0.4, -0.2) is 31.4 Å². The first-order valence-corrected chi connectivity index (χ1v) is 6.38. The van der Waals surface area contributed by atoms with Crippen LogP contribution in [0, 0.1) is 0 Å². The first kappa shape index (κ1) is 24.6. The van der Waals surface area contributed by atoms with E-state index in [0.29, 0.717) is 0 Å². The molecule has 0 amide bonds. The van der Waals surface area contributed by atoms with E-state index in [9.17, 15) is 27.0 Å². The van der Waals surface area contributed by atoms with Crippen LogP contribution < -0.4 is 69.3 Å². The molecule has 0 heterocycles. The van der Waals surface area contributed by atoms with Gasteiger partial charge in [-0.25, -0.2) is 0 Å². The Hall–Kier alpha value is 0.600. The molecule has 0 aliphatic carbocycles. The van der Waals surface area contributed by atoms with Gasteiger partial charge in [-0.1, -0.05) is 5.75 Å². The number of hydrogen-bond donors (Lipinski definition) is 2. The molecule has 19 heavy (non-hydrogen) atoms. The maximum absolute atomic E-state index is 11.0. The Kier molecular flexibility index (Phi) is 10.5. The summed E-state index contributed by atoms with van der Waals surface area (Å²) >= 11 is 0. The standard InChI is InChI=1S/C6H6O8S2.2Na.H2O/c7-4-1-3(15(9,10)11)2-5(6(4)8)16(12,13)14;;;/h1-2,7-8H,(H,9,10,11)(H,12,13,14);;;1H2/q;2*+1;/p-2. The Morgan fingerprint density at radius 2 is 1.32 bits per heavy atom. The van der Waals surface area contributed by atoms with E-state index in [4.69, 9.17) is 9.11 Å². The second-order valence-electron chi connectivity index (χ2n) is 2.70. The zero-order chi connectivity index (χ0) is 12.7. The van der Waals surface area contributed by atoms with Gasteiger partial charge in [0.25, 0.3) is 20.2 Å². The van der Waals surface area contributed by atoms with E-state index in [1.165, 1.54) is 0 Å². The summed E-state index contributed by atoms with van der Waals surface area (Å²) < 4.78 is 59.6. The minimum atomic E-state index is -5.03. The van der Waals surface area contributed by atoms with Gasteiger partial charge in [-0.15, -0.1) is 5.75 Å². The second-order valence-corrected chi connectivity index (χ2v) is 5.51. The molecule has 0 radical (unpaired) electrons. The molecule has 0 unspecified atom stereocenters. The summed E-state index contributed by atoms with van der Waals surface area (Å²) in [5.41, 5.74) is 0. The van der Waals surface area contributed by atoms with Gasteiger partial charge >= 0.3 is 59.1 Å². The molecular formula is C6H6Na2O9S2. The maximum Gasteiger partial charge on any atom is 1.00 e. The molecule has 0 saturated carbocycles. The van der Waals surface area contributed by atoms with Gasteiger partial charge in [-0.05, 0) is 12.1 Å². The largest absolute Gasteiger partial charge is 1.00 e. The van der Waals surface area contributed by atoms with Crippen molar-refractivity contribution in [3.8, 4) is 11.5 Å². The van der Waals surface area contributed by atoms with Gasteiger partial charge in [-0.3, -0.25) is 9.11 Å². The van der Waals surface area contributed by atoms with Crippen molar-refractivity contribution >= 4 is 20.2 Å². The summed E-state index contributed by atoms with van der Waals surface area (Å²) in [6, 6.07) is 0.459. The number of rotatable bonds is 2. The van der Waals surface area contributed by atoms with Crippen LogP contribution in [0.2, 0.25) is 0 Å². The molecule has 1 rings (SSSR count). The van der Waals surface area contributed by atoms with E-state index < -0.39 is 41.5 Å². The van der Waals surface area contributed by atoms with Crippen molar-refractivity contribution in [1.82, 2.24) is 0 Å². The van der Waals surface area contributed by atoms with Crippen molar-refractivity contribution in [3.05, 3.63) is 12.1 Å². The Balaban J connectivity index is -0.000000853. The van der Waals surface area contributed by atoms with Crippen molar-refractivity contribution in [3.63, 3.8) is 0 Å². The molecule has 0 fully saturated rings. The van der Waals surface area contributed by atoms with E-state index in [0.717, 1.165) is 0 Å². The predicted octanol–water partition coefficient (Wildman–Crippen LogP) is -8.49. The van der Waals surface area contributed by atoms with E-state index >= 15 is 0 Å². The quantitative estimate of drug-likeness (QED) is 0.394. The molecule has 98 valence electrons. The average molecular weight is 332 g/mol. The molecule has 4 N–H and O–H groups in total. The summed E-state index contributed by atoms with van der Waals surface area (Å²) in [5, 5.41) is 21.9. The summed E-state index contributed by atoms with van der Waals surface area (Å²) in [6.45, 7) is 0. The van der Waals surface area contributed by atoms with Crippen LogP contribution in [0.4, 0.5) is 0 Å². The number of hydrogen-bond acceptors (Lipinski definition) is 6. The van der Waals surface area contributed by atoms with Crippen LogP contribution >= 0.6 is 0 Å². The van der Waals surface area contributed by atoms with Crippen LogP contribution in [0.3, 0.4) is 0 Å². The van der Waals surface area contributed by atoms with Crippen LogP contribution in [-0.2, 0) is 20.2 Å². The molecule has 0 atom stereocenters. The van der Waals surface area contributed by atoms with Gasteiger partial charge in [0.15, 0.2) is 0 Å². The van der Waals surface area contributed by atoms with Crippen molar-refractivity contribution in [2.24, 2.45) is 0 Å². The maximum atomic E-state index is 11.0. The van der Waals surface area contributed by atoms with Crippen molar-refractivity contribution in [1.29, 1.82) is 0 Å². The molecule has 0 aliphatic rings. The summed E-state index contributed by atoms with van der Waals surface area (Å²) in [6.07, 6.45) is 0. The molecule has 0 bridgehead atoms. The van der Waals surface area contributed by atoms with Gasteiger partial charge in [0.1, 0.15) is 0 Å². The fourth-order valence-electron chi connectivity index (χ4n) is 0.893. The van der Waals surface area contributed by atoms with Gasteiger partial charge in [0.2, 0.25) is 0 Å². The zero-order valence-electron chi connectivity index (χ0n) is 9.82. The monoisotopic (exact) mass is 332 g/mol. The Morgan fingerprint density at radius 3 is 1.63 bits per heavy atom. The Labute approximate surface area is 153 Å². The molecule has 0 aromatic heterocycles. The van der Waals surface area contributed by atoms with Gasteiger partial charge in [0.05, 0.1) is 9.79 Å². The predicted molar refractivity (Wildman–Crippen MR) is 48.6 cm³/mol. The van der Waals surface area contributed by atoms with E-state index in [2.05, 4.69) is 0 Å². The molecular weight excluding hydrogens is 326 g/mol. The minimum absolute atomic E-state index is 0. The fraction of sp³-hybridized carbons (Fsp3) is 0. The smallest absolute Gasteiger partial charge is 0.873 e. The van der Waals surface area contributed by atoms with E-state index in [1.54, 1.807) is 0 Å². The third kappa shape index (κ3) is 6.27. The average Bonchev–Trinajstić information content (AvgIpc) is 2.05. The zero-order valence-corrected chi connectivity index (χ0v) is 15.4. The van der Waals surface area contributed by atoms with Crippen LogP contribution in [0.5, 0.6) is 11.5 Å². The molecule has 0 saturated heterocycles. The van der Waals surface area contributed by atoms with Gasteiger partial charge < -0.3 is 15.7 Å². The van der Waals surface area contributed by atoms with Crippen molar-refractivity contribution in [2.45, 2.75) is 9.79 Å². The molecule has 1 aromatic carbocycles. The van der Waals surface area contributed by atoms with Gasteiger partial charge in [-0.2, -0.15) is 16.8 Å². The fourth-order valence-corrected chi connectivity index (χ4v) is 2.10. The first-order valence-electron chi connectivity index (χ1n) is 3.50. The normalized spacial score (nSPS) is 10.6. The third-order valence-electron chi connectivity index (χ3n) is 1.57. The first-order chi connectivity index (χ1) is 7.03. The van der Waals surface area contributed by atoms with Crippen LogP contribution in [0.25, 0.3) is 0 Å². The molecule has 9 nitrogen and oxygen atoms in total. The molecule has 0 spiro atoms. The Morgan fingerprint density at radius 1 is 0.895 bits per heavy atom. The summed E-state index contributed by atoms with van der Waals surface area (Å²) in [7, 11) is -9.87. The minimum Gasteiger partial charge on any atom is -0.873 e. The van der Waals surface area contributed by atoms with E-state index in [1.807, 2.05) is 0 Å². The third-order valence-corrected chi connectivity index (χ3v) is 3.26. The topological polar surface area (TPSA) is 186 Å². The summed E-state index contributed by atoms with van der Waals surface area (Å²) in [5.74, 6) is -3.04. The van der Waals surface area contributed by atoms with Crippen molar-refractivity contribution in [2.75, 3.05) is 0 Å². The SMILES string of the molecule is O.O=S(=O)(O)c1cc([O-])c([O-])c(S(=O)(=O)O)c1.[Na+].[Na+]. The van der Waals surface area contributed by atoms with E-state index in [-0.39, 0.29) is 76.7 Å².